The maximum Gasteiger partial charge on any atom is 0.266 e. The third-order valence-electron chi connectivity index (χ3n) is 3.21. The van der Waals surface area contributed by atoms with Crippen molar-refractivity contribution in [1.82, 2.24) is 0 Å². The van der Waals surface area contributed by atoms with Crippen LogP contribution in [0.25, 0.3) is 0 Å². The Morgan fingerprint density at radius 1 is 1.22 bits per heavy atom. The Kier molecular flexibility index (Phi) is 3.78. The van der Waals surface area contributed by atoms with E-state index in [0.717, 1.165) is 42.5 Å². The first-order valence-corrected chi connectivity index (χ1v) is 6.21. The lowest BCUT2D eigenvalue weighted by Gasteiger charge is -2.06. The van der Waals surface area contributed by atoms with Crippen molar-refractivity contribution in [2.24, 2.45) is 0 Å². The number of hydrogen-bond acceptors (Lipinski definition) is 2. The fourth-order valence-corrected chi connectivity index (χ4v) is 2.17. The van der Waals surface area contributed by atoms with Crippen LogP contribution < -0.4 is 5.32 Å². The first-order valence-electron chi connectivity index (χ1n) is 6.21. The highest BCUT2D eigenvalue weighted by Gasteiger charge is 2.18. The van der Waals surface area contributed by atoms with E-state index < -0.39 is 0 Å². The number of rotatable bonds is 2. The van der Waals surface area contributed by atoms with Crippen LogP contribution in [0.4, 0.5) is 5.69 Å². The summed E-state index contributed by atoms with van der Waals surface area (Å²) in [7, 11) is 0. The van der Waals surface area contributed by atoms with E-state index in [2.05, 4.69) is 5.32 Å². The third-order valence-corrected chi connectivity index (χ3v) is 3.21. The van der Waals surface area contributed by atoms with Crippen molar-refractivity contribution in [2.75, 3.05) is 5.32 Å². The van der Waals surface area contributed by atoms with Gasteiger partial charge in [0.1, 0.15) is 11.6 Å². The van der Waals surface area contributed by atoms with E-state index in [1.165, 1.54) is 0 Å². The minimum absolute atomic E-state index is 0.279. The van der Waals surface area contributed by atoms with Crippen LogP contribution >= 0.6 is 0 Å². The number of anilines is 1. The average Bonchev–Trinajstić information content (AvgIpc) is 2.87. The highest BCUT2D eigenvalue weighted by Crippen LogP contribution is 2.27. The molecule has 1 fully saturated rings. The quantitative estimate of drug-likeness (QED) is 0.636. The predicted molar refractivity (Wildman–Crippen MR) is 70.9 cm³/mol. The Morgan fingerprint density at radius 3 is 2.39 bits per heavy atom. The van der Waals surface area contributed by atoms with Gasteiger partial charge in [0.2, 0.25) is 0 Å². The zero-order chi connectivity index (χ0) is 13.0. The molecule has 0 spiro atoms. The molecular formula is C15H16N2O. The van der Waals surface area contributed by atoms with Gasteiger partial charge >= 0.3 is 0 Å². The molecule has 0 radical (unpaired) electrons. The van der Waals surface area contributed by atoms with Gasteiger partial charge in [-0.05, 0) is 50.3 Å². The van der Waals surface area contributed by atoms with Crippen molar-refractivity contribution in [3.63, 3.8) is 0 Å². The predicted octanol–water partition coefficient (Wildman–Crippen LogP) is 3.33. The van der Waals surface area contributed by atoms with Crippen LogP contribution in [0.5, 0.6) is 0 Å². The minimum Gasteiger partial charge on any atom is -0.321 e. The molecule has 1 amide bonds. The first kappa shape index (κ1) is 12.4. The Balaban J connectivity index is 2.14. The third kappa shape index (κ3) is 2.78. The Bertz CT molecular complexity index is 512. The van der Waals surface area contributed by atoms with E-state index in [0.29, 0.717) is 5.57 Å². The number of hydrogen-bond donors (Lipinski definition) is 1. The summed E-state index contributed by atoms with van der Waals surface area (Å²) in [6, 6.07) is 9.61. The number of carbonyl (C=O) groups is 1. The Hall–Kier alpha value is -2.08. The molecule has 0 saturated heterocycles. The minimum atomic E-state index is -0.279. The maximum absolute atomic E-state index is 12.0. The number of benzene rings is 1. The molecule has 0 aliphatic heterocycles. The van der Waals surface area contributed by atoms with Crippen LogP contribution in [0.1, 0.15) is 31.2 Å². The van der Waals surface area contributed by atoms with Crippen LogP contribution in [0.15, 0.2) is 35.4 Å². The molecule has 1 saturated carbocycles. The van der Waals surface area contributed by atoms with Crippen molar-refractivity contribution in [2.45, 2.75) is 32.6 Å². The highest BCUT2D eigenvalue weighted by molar-refractivity contribution is 6.07. The van der Waals surface area contributed by atoms with Gasteiger partial charge in [0.15, 0.2) is 0 Å². The molecule has 18 heavy (non-hydrogen) atoms. The van der Waals surface area contributed by atoms with Crippen LogP contribution in [0.3, 0.4) is 0 Å². The summed E-state index contributed by atoms with van der Waals surface area (Å²) in [6.45, 7) is 1.99. The maximum atomic E-state index is 12.0. The highest BCUT2D eigenvalue weighted by atomic mass is 16.1. The van der Waals surface area contributed by atoms with Gasteiger partial charge in [-0.25, -0.2) is 0 Å². The van der Waals surface area contributed by atoms with E-state index in [1.807, 2.05) is 37.3 Å². The van der Waals surface area contributed by atoms with Gasteiger partial charge in [-0.15, -0.1) is 0 Å². The van der Waals surface area contributed by atoms with Gasteiger partial charge in [-0.3, -0.25) is 4.79 Å². The van der Waals surface area contributed by atoms with Gasteiger partial charge < -0.3 is 5.32 Å². The molecule has 0 atom stereocenters. The summed E-state index contributed by atoms with van der Waals surface area (Å²) >= 11 is 0. The topological polar surface area (TPSA) is 52.9 Å². The monoisotopic (exact) mass is 240 g/mol. The largest absolute Gasteiger partial charge is 0.321 e. The van der Waals surface area contributed by atoms with Gasteiger partial charge in [0, 0.05) is 5.69 Å². The van der Waals surface area contributed by atoms with Crippen LogP contribution in [-0.4, -0.2) is 5.91 Å². The number of carbonyl (C=O) groups excluding carboxylic acids is 1. The molecule has 0 bridgehead atoms. The molecule has 1 aliphatic rings. The number of nitrogens with one attached hydrogen (secondary N) is 1. The number of allylic oxidation sites excluding steroid dienone is 1. The zero-order valence-corrected chi connectivity index (χ0v) is 10.5. The number of amides is 1. The summed E-state index contributed by atoms with van der Waals surface area (Å²) in [5.41, 5.74) is 3.18. The molecular weight excluding hydrogens is 224 g/mol. The van der Waals surface area contributed by atoms with Crippen molar-refractivity contribution < 1.29 is 4.79 Å². The van der Waals surface area contributed by atoms with Crippen molar-refractivity contribution in [1.29, 1.82) is 5.26 Å². The number of nitriles is 1. The van der Waals surface area contributed by atoms with Gasteiger partial charge in [0.05, 0.1) is 0 Å². The van der Waals surface area contributed by atoms with Crippen LogP contribution in [-0.2, 0) is 4.79 Å². The Labute approximate surface area is 107 Å². The summed E-state index contributed by atoms with van der Waals surface area (Å²) in [4.78, 5) is 12.0. The Morgan fingerprint density at radius 2 is 1.83 bits per heavy atom. The molecule has 2 rings (SSSR count). The van der Waals surface area contributed by atoms with Gasteiger partial charge in [0.25, 0.3) is 5.91 Å². The molecule has 0 unspecified atom stereocenters. The smallest absolute Gasteiger partial charge is 0.266 e. The first-order chi connectivity index (χ1) is 8.70. The fourth-order valence-electron chi connectivity index (χ4n) is 2.17. The molecule has 3 nitrogen and oxygen atoms in total. The van der Waals surface area contributed by atoms with Gasteiger partial charge in [-0.2, -0.15) is 5.26 Å². The van der Waals surface area contributed by atoms with Crippen LogP contribution in [0, 0.1) is 18.3 Å². The molecule has 1 aromatic rings. The zero-order valence-electron chi connectivity index (χ0n) is 10.5. The summed E-state index contributed by atoms with van der Waals surface area (Å²) < 4.78 is 0. The lowest BCUT2D eigenvalue weighted by Crippen LogP contribution is -2.14. The number of aryl methyl sites for hydroxylation is 1. The second kappa shape index (κ2) is 5.50. The summed E-state index contributed by atoms with van der Waals surface area (Å²) in [5, 5.41) is 11.9. The normalized spacial score (nSPS) is 14.1. The van der Waals surface area contributed by atoms with Crippen LogP contribution in [0.2, 0.25) is 0 Å². The second-order valence-electron chi connectivity index (χ2n) is 4.62. The molecule has 0 aromatic heterocycles. The molecule has 3 heteroatoms. The van der Waals surface area contributed by atoms with Crippen molar-refractivity contribution in [3.8, 4) is 6.07 Å². The molecule has 1 N–H and O–H groups in total. The molecule has 1 aliphatic carbocycles. The van der Waals surface area contributed by atoms with E-state index >= 15 is 0 Å². The molecule has 92 valence electrons. The standard InChI is InChI=1S/C15H16N2O/c1-11-6-8-13(9-7-11)17-15(18)14(10-16)12-4-2-3-5-12/h6-9H,2-5H2,1H3,(H,17,18). The molecule has 0 heterocycles. The number of nitrogens with zero attached hydrogens (tertiary/aromatic N) is 1. The lowest BCUT2D eigenvalue weighted by atomic mass is 10.1. The SMILES string of the molecule is Cc1ccc(NC(=O)C(C#N)=C2CCCC2)cc1. The van der Waals surface area contributed by atoms with E-state index in [9.17, 15) is 4.79 Å². The van der Waals surface area contributed by atoms with E-state index in [4.69, 9.17) is 5.26 Å². The van der Waals surface area contributed by atoms with Crippen molar-refractivity contribution >= 4 is 11.6 Å². The van der Waals surface area contributed by atoms with Gasteiger partial charge in [-0.1, -0.05) is 17.7 Å². The average molecular weight is 240 g/mol. The van der Waals surface area contributed by atoms with E-state index in [1.54, 1.807) is 0 Å². The second-order valence-corrected chi connectivity index (χ2v) is 4.62. The van der Waals surface area contributed by atoms with Crippen molar-refractivity contribution in [3.05, 3.63) is 41.0 Å². The molecule has 1 aromatic carbocycles. The lowest BCUT2D eigenvalue weighted by molar-refractivity contribution is -0.112. The van der Waals surface area contributed by atoms with E-state index in [-0.39, 0.29) is 5.91 Å². The summed E-state index contributed by atoms with van der Waals surface area (Å²) in [6.07, 6.45) is 3.92. The summed E-state index contributed by atoms with van der Waals surface area (Å²) in [5.74, 6) is -0.279. The fraction of sp³-hybridized carbons (Fsp3) is 0.333.